The summed E-state index contributed by atoms with van der Waals surface area (Å²) in [4.78, 5) is 0. The third kappa shape index (κ3) is 2.33. The van der Waals surface area contributed by atoms with Crippen molar-refractivity contribution in [2.75, 3.05) is 13.2 Å². The number of halogens is 2. The van der Waals surface area contributed by atoms with Gasteiger partial charge in [0.15, 0.2) is 0 Å². The molecule has 1 aliphatic carbocycles. The summed E-state index contributed by atoms with van der Waals surface area (Å²) >= 11 is 3.27. The molecule has 2 fully saturated rings. The fraction of sp³-hybridized carbons (Fsp3) is 0.571. The summed E-state index contributed by atoms with van der Waals surface area (Å²) in [5, 5.41) is 3.58. The first-order chi connectivity index (χ1) is 8.69. The zero-order chi connectivity index (χ0) is 12.6. The minimum Gasteiger partial charge on any atom is -0.370 e. The topological polar surface area (TPSA) is 21.3 Å². The number of morpholine rings is 1. The Hall–Kier alpha value is -0.450. The molecule has 2 aliphatic rings. The van der Waals surface area contributed by atoms with E-state index in [0.29, 0.717) is 18.7 Å². The standard InChI is InChI=1S/C14H17BrFNO/c15-10-3-4-11(12(16)7-10)13-8-17-14(9-18-13)5-1-2-6-14/h3-4,7,13,17H,1-2,5-6,8-9H2. The molecule has 1 unspecified atom stereocenters. The Labute approximate surface area is 115 Å². The van der Waals surface area contributed by atoms with Crippen LogP contribution in [0.25, 0.3) is 0 Å². The van der Waals surface area contributed by atoms with Crippen LogP contribution in [0.5, 0.6) is 0 Å². The third-order valence-corrected chi connectivity index (χ3v) is 4.59. The van der Waals surface area contributed by atoms with Gasteiger partial charge in [0, 0.05) is 22.1 Å². The molecule has 1 saturated carbocycles. The van der Waals surface area contributed by atoms with Crippen molar-refractivity contribution < 1.29 is 9.13 Å². The summed E-state index contributed by atoms with van der Waals surface area (Å²) in [6.45, 7) is 1.41. The van der Waals surface area contributed by atoms with Crippen LogP contribution >= 0.6 is 15.9 Å². The first kappa shape index (κ1) is 12.6. The minimum absolute atomic E-state index is 0.163. The summed E-state index contributed by atoms with van der Waals surface area (Å²) in [7, 11) is 0. The fourth-order valence-corrected chi connectivity index (χ4v) is 3.35. The van der Waals surface area contributed by atoms with Gasteiger partial charge < -0.3 is 10.1 Å². The number of benzene rings is 1. The van der Waals surface area contributed by atoms with E-state index < -0.39 is 0 Å². The average molecular weight is 314 g/mol. The lowest BCUT2D eigenvalue weighted by molar-refractivity contribution is -0.0341. The predicted molar refractivity (Wildman–Crippen MR) is 72.0 cm³/mol. The van der Waals surface area contributed by atoms with Crippen molar-refractivity contribution in [3.63, 3.8) is 0 Å². The highest BCUT2D eigenvalue weighted by atomic mass is 79.9. The van der Waals surface area contributed by atoms with Crippen molar-refractivity contribution in [3.8, 4) is 0 Å². The van der Waals surface area contributed by atoms with Crippen LogP contribution in [0.1, 0.15) is 37.4 Å². The summed E-state index contributed by atoms with van der Waals surface area (Å²) in [6.07, 6.45) is 4.75. The van der Waals surface area contributed by atoms with Crippen LogP contribution in [0.2, 0.25) is 0 Å². The molecular weight excluding hydrogens is 297 g/mol. The Balaban J connectivity index is 1.72. The second kappa shape index (κ2) is 4.91. The van der Waals surface area contributed by atoms with E-state index >= 15 is 0 Å². The van der Waals surface area contributed by atoms with Crippen LogP contribution in [-0.4, -0.2) is 18.7 Å². The van der Waals surface area contributed by atoms with Crippen molar-refractivity contribution >= 4 is 15.9 Å². The molecule has 1 aromatic rings. The highest BCUT2D eigenvalue weighted by Crippen LogP contribution is 2.35. The lowest BCUT2D eigenvalue weighted by atomic mass is 9.95. The third-order valence-electron chi connectivity index (χ3n) is 4.09. The van der Waals surface area contributed by atoms with Gasteiger partial charge in [-0.05, 0) is 25.0 Å². The Morgan fingerprint density at radius 2 is 2.11 bits per heavy atom. The van der Waals surface area contributed by atoms with Gasteiger partial charge in [-0.3, -0.25) is 0 Å². The van der Waals surface area contributed by atoms with E-state index in [4.69, 9.17) is 4.74 Å². The Morgan fingerprint density at radius 1 is 1.33 bits per heavy atom. The maximum Gasteiger partial charge on any atom is 0.130 e. The molecule has 1 saturated heterocycles. The predicted octanol–water partition coefficient (Wildman–Crippen LogP) is 3.56. The van der Waals surface area contributed by atoms with Gasteiger partial charge in [0.05, 0.1) is 12.7 Å². The Kier molecular flexibility index (Phi) is 3.43. The second-order valence-electron chi connectivity index (χ2n) is 5.33. The molecule has 0 amide bonds. The van der Waals surface area contributed by atoms with E-state index in [1.54, 1.807) is 6.07 Å². The summed E-state index contributed by atoms with van der Waals surface area (Å²) in [5.74, 6) is -0.196. The van der Waals surface area contributed by atoms with Crippen molar-refractivity contribution in [2.45, 2.75) is 37.3 Å². The smallest absolute Gasteiger partial charge is 0.130 e. The zero-order valence-electron chi connectivity index (χ0n) is 10.2. The highest BCUT2D eigenvalue weighted by molar-refractivity contribution is 9.10. The molecule has 1 aromatic carbocycles. The number of hydrogen-bond acceptors (Lipinski definition) is 2. The van der Waals surface area contributed by atoms with Gasteiger partial charge in [-0.1, -0.05) is 34.8 Å². The normalized spacial score (nSPS) is 26.7. The maximum absolute atomic E-state index is 13.9. The lowest BCUT2D eigenvalue weighted by Gasteiger charge is -2.38. The molecule has 1 aliphatic heterocycles. The van der Waals surface area contributed by atoms with Crippen molar-refractivity contribution in [1.29, 1.82) is 0 Å². The van der Waals surface area contributed by atoms with Gasteiger partial charge in [-0.15, -0.1) is 0 Å². The Bertz CT molecular complexity index is 435. The molecule has 3 rings (SSSR count). The molecule has 0 bridgehead atoms. The van der Waals surface area contributed by atoms with E-state index in [-0.39, 0.29) is 17.5 Å². The first-order valence-electron chi connectivity index (χ1n) is 6.50. The molecule has 4 heteroatoms. The number of rotatable bonds is 1. The van der Waals surface area contributed by atoms with Crippen LogP contribution in [-0.2, 0) is 4.74 Å². The minimum atomic E-state index is -0.196. The van der Waals surface area contributed by atoms with Crippen molar-refractivity contribution in [3.05, 3.63) is 34.1 Å². The lowest BCUT2D eigenvalue weighted by Crippen LogP contribution is -2.53. The van der Waals surface area contributed by atoms with E-state index in [1.807, 2.05) is 6.07 Å². The average Bonchev–Trinajstić information content (AvgIpc) is 2.80. The zero-order valence-corrected chi connectivity index (χ0v) is 11.8. The van der Waals surface area contributed by atoms with Crippen LogP contribution in [0, 0.1) is 5.82 Å². The Morgan fingerprint density at radius 3 is 2.72 bits per heavy atom. The SMILES string of the molecule is Fc1cc(Br)ccc1C1CNC2(CCCC2)CO1. The summed E-state index contributed by atoms with van der Waals surface area (Å²) < 4.78 is 20.5. The molecular formula is C14H17BrFNO. The highest BCUT2D eigenvalue weighted by Gasteiger charge is 2.38. The molecule has 0 radical (unpaired) electrons. The molecule has 2 nitrogen and oxygen atoms in total. The summed E-state index contributed by atoms with van der Waals surface area (Å²) in [6, 6.07) is 5.17. The van der Waals surface area contributed by atoms with Crippen LogP contribution < -0.4 is 5.32 Å². The monoisotopic (exact) mass is 313 g/mol. The van der Waals surface area contributed by atoms with E-state index in [9.17, 15) is 4.39 Å². The van der Waals surface area contributed by atoms with Gasteiger partial charge in [-0.2, -0.15) is 0 Å². The summed E-state index contributed by atoms with van der Waals surface area (Å²) in [5.41, 5.74) is 0.820. The van der Waals surface area contributed by atoms with Crippen LogP contribution in [0.15, 0.2) is 22.7 Å². The molecule has 1 spiro atoms. The van der Waals surface area contributed by atoms with E-state index in [0.717, 1.165) is 4.47 Å². The number of hydrogen-bond donors (Lipinski definition) is 1. The van der Waals surface area contributed by atoms with Gasteiger partial charge >= 0.3 is 0 Å². The van der Waals surface area contributed by atoms with Gasteiger partial charge in [0.1, 0.15) is 5.82 Å². The fourth-order valence-electron chi connectivity index (χ4n) is 3.01. The van der Waals surface area contributed by atoms with Gasteiger partial charge in [0.2, 0.25) is 0 Å². The number of nitrogens with one attached hydrogen (secondary N) is 1. The van der Waals surface area contributed by atoms with Crippen molar-refractivity contribution in [1.82, 2.24) is 5.32 Å². The molecule has 1 N–H and O–H groups in total. The van der Waals surface area contributed by atoms with Crippen LogP contribution in [0.4, 0.5) is 4.39 Å². The van der Waals surface area contributed by atoms with E-state index in [2.05, 4.69) is 21.2 Å². The van der Waals surface area contributed by atoms with Gasteiger partial charge in [-0.25, -0.2) is 4.39 Å². The second-order valence-corrected chi connectivity index (χ2v) is 6.25. The van der Waals surface area contributed by atoms with E-state index in [1.165, 1.54) is 31.7 Å². The van der Waals surface area contributed by atoms with Gasteiger partial charge in [0.25, 0.3) is 0 Å². The molecule has 1 heterocycles. The quantitative estimate of drug-likeness (QED) is 0.856. The van der Waals surface area contributed by atoms with Crippen LogP contribution in [0.3, 0.4) is 0 Å². The largest absolute Gasteiger partial charge is 0.370 e. The maximum atomic E-state index is 13.9. The van der Waals surface area contributed by atoms with Crippen molar-refractivity contribution in [2.24, 2.45) is 0 Å². The molecule has 98 valence electrons. The number of ether oxygens (including phenoxy) is 1. The molecule has 1 atom stereocenters. The first-order valence-corrected chi connectivity index (χ1v) is 7.29. The molecule has 18 heavy (non-hydrogen) atoms. The molecule has 0 aromatic heterocycles.